The molecule has 1 aliphatic heterocycles. The lowest BCUT2D eigenvalue weighted by Crippen LogP contribution is -2.30. The molecule has 4 rings (SSSR count). The molecule has 2 aromatic heterocycles. The monoisotopic (exact) mass is 311 g/mol. The van der Waals surface area contributed by atoms with E-state index in [0.717, 1.165) is 55.9 Å². The molecule has 0 saturated carbocycles. The molecule has 1 saturated heterocycles. The van der Waals surface area contributed by atoms with Gasteiger partial charge in [-0.15, -0.1) is 0 Å². The normalized spacial score (nSPS) is 19.9. The number of imidazole rings is 1. The predicted octanol–water partition coefficient (Wildman–Crippen LogP) is 2.85. The van der Waals surface area contributed by atoms with E-state index in [9.17, 15) is 0 Å². The van der Waals surface area contributed by atoms with Gasteiger partial charge in [0.05, 0.1) is 25.8 Å². The number of ether oxygens (including phenoxy) is 1. The van der Waals surface area contributed by atoms with Gasteiger partial charge in [-0.25, -0.2) is 4.98 Å². The molecular formula is C18H21N3O2. The van der Waals surface area contributed by atoms with Gasteiger partial charge in [0, 0.05) is 36.9 Å². The van der Waals surface area contributed by atoms with Crippen molar-refractivity contribution in [2.75, 3.05) is 26.3 Å². The topological polar surface area (TPSA) is 54.3 Å². The number of benzene rings is 1. The highest BCUT2D eigenvalue weighted by Gasteiger charge is 2.19. The average Bonchev–Trinajstić information content (AvgIpc) is 3.17. The smallest absolute Gasteiger partial charge is 0.134 e. The predicted molar refractivity (Wildman–Crippen MR) is 88.1 cm³/mol. The molecule has 0 unspecified atom stereocenters. The van der Waals surface area contributed by atoms with Gasteiger partial charge in [0.15, 0.2) is 0 Å². The Hall–Kier alpha value is -2.11. The number of rotatable bonds is 4. The van der Waals surface area contributed by atoms with Crippen molar-refractivity contribution in [3.63, 3.8) is 0 Å². The summed E-state index contributed by atoms with van der Waals surface area (Å²) in [6.07, 6.45) is 6.39. The van der Waals surface area contributed by atoms with Crippen molar-refractivity contribution in [2.45, 2.75) is 13.0 Å². The Morgan fingerprint density at radius 2 is 2.30 bits per heavy atom. The first-order valence-corrected chi connectivity index (χ1v) is 8.10. The quantitative estimate of drug-likeness (QED) is 0.805. The van der Waals surface area contributed by atoms with Crippen molar-refractivity contribution in [2.24, 2.45) is 5.92 Å². The molecular weight excluding hydrogens is 290 g/mol. The highest BCUT2D eigenvalue weighted by atomic mass is 16.5. The molecule has 3 heterocycles. The van der Waals surface area contributed by atoms with Gasteiger partial charge >= 0.3 is 0 Å². The minimum absolute atomic E-state index is 0.493. The number of hydrogen-bond donors (Lipinski definition) is 1. The maximum absolute atomic E-state index is 5.81. The fourth-order valence-corrected chi connectivity index (χ4v) is 3.29. The van der Waals surface area contributed by atoms with Crippen LogP contribution >= 0.6 is 0 Å². The zero-order valence-corrected chi connectivity index (χ0v) is 13.1. The Bertz CT molecular complexity index is 751. The van der Waals surface area contributed by atoms with Crippen LogP contribution < -0.4 is 0 Å². The van der Waals surface area contributed by atoms with E-state index in [1.165, 1.54) is 5.56 Å². The lowest BCUT2D eigenvalue weighted by atomic mass is 9.99. The molecule has 1 N–H and O–H groups in total. The van der Waals surface area contributed by atoms with Gasteiger partial charge in [0.25, 0.3) is 0 Å². The summed E-state index contributed by atoms with van der Waals surface area (Å²) < 4.78 is 11.3. The molecule has 0 spiro atoms. The number of nitrogens with one attached hydrogen (secondary N) is 1. The zero-order chi connectivity index (χ0) is 15.5. The van der Waals surface area contributed by atoms with Crippen LogP contribution in [0.1, 0.15) is 11.3 Å². The van der Waals surface area contributed by atoms with Crippen LogP contribution in [0.3, 0.4) is 0 Å². The Kier molecular flexibility index (Phi) is 4.13. The molecule has 120 valence electrons. The number of hydrogen-bond acceptors (Lipinski definition) is 4. The second kappa shape index (κ2) is 6.56. The largest absolute Gasteiger partial charge is 0.464 e. The van der Waals surface area contributed by atoms with Gasteiger partial charge in [0.1, 0.15) is 5.58 Å². The van der Waals surface area contributed by atoms with Gasteiger partial charge in [0.2, 0.25) is 0 Å². The Labute approximate surface area is 135 Å². The first-order chi connectivity index (χ1) is 11.4. The van der Waals surface area contributed by atoms with Crippen LogP contribution in [0, 0.1) is 5.92 Å². The summed E-state index contributed by atoms with van der Waals surface area (Å²) >= 11 is 0. The SMILES string of the molecule is c1ncc(CN2CCOC[C@@H](Cc3ccc4ccoc4c3)C2)[nH]1. The van der Waals surface area contributed by atoms with Gasteiger partial charge in [-0.1, -0.05) is 12.1 Å². The molecule has 1 aromatic carbocycles. The van der Waals surface area contributed by atoms with Crippen molar-refractivity contribution >= 4 is 11.0 Å². The minimum Gasteiger partial charge on any atom is -0.464 e. The third-order valence-electron chi connectivity index (χ3n) is 4.42. The number of H-pyrrole nitrogens is 1. The van der Waals surface area contributed by atoms with Crippen LogP contribution in [-0.4, -0.2) is 41.2 Å². The van der Waals surface area contributed by atoms with E-state index in [2.05, 4.69) is 33.1 Å². The summed E-state index contributed by atoms with van der Waals surface area (Å²) in [7, 11) is 0. The fourth-order valence-electron chi connectivity index (χ4n) is 3.29. The molecule has 5 heteroatoms. The standard InChI is InChI=1S/C18H21N3O2/c1-2-16-3-5-23-18(16)8-14(1)7-15-10-21(4-6-22-12-15)11-17-9-19-13-20-17/h1-3,5,8-9,13,15H,4,6-7,10-12H2,(H,19,20)/t15-/m0/s1. The lowest BCUT2D eigenvalue weighted by molar-refractivity contribution is 0.121. The van der Waals surface area contributed by atoms with Crippen molar-refractivity contribution < 1.29 is 9.15 Å². The van der Waals surface area contributed by atoms with Crippen LogP contribution in [0.25, 0.3) is 11.0 Å². The summed E-state index contributed by atoms with van der Waals surface area (Å²) in [5.74, 6) is 0.493. The Morgan fingerprint density at radius 3 is 3.22 bits per heavy atom. The van der Waals surface area contributed by atoms with E-state index in [-0.39, 0.29) is 0 Å². The number of nitrogens with zero attached hydrogens (tertiary/aromatic N) is 2. The minimum atomic E-state index is 0.493. The maximum Gasteiger partial charge on any atom is 0.134 e. The molecule has 0 aliphatic carbocycles. The van der Waals surface area contributed by atoms with Crippen molar-refractivity contribution in [3.8, 4) is 0 Å². The third kappa shape index (κ3) is 3.46. The molecule has 23 heavy (non-hydrogen) atoms. The van der Waals surface area contributed by atoms with Crippen LogP contribution in [0.5, 0.6) is 0 Å². The molecule has 3 aromatic rings. The van der Waals surface area contributed by atoms with Crippen LogP contribution in [0.2, 0.25) is 0 Å². The molecule has 1 aliphatic rings. The summed E-state index contributed by atoms with van der Waals surface area (Å²) in [5.41, 5.74) is 3.43. The molecule has 0 amide bonds. The summed E-state index contributed by atoms with van der Waals surface area (Å²) in [5, 5.41) is 1.16. The zero-order valence-electron chi connectivity index (χ0n) is 13.1. The van der Waals surface area contributed by atoms with Gasteiger partial charge in [-0.3, -0.25) is 4.90 Å². The van der Waals surface area contributed by atoms with Gasteiger partial charge in [-0.05, 0) is 30.0 Å². The van der Waals surface area contributed by atoms with Crippen molar-refractivity contribution in [1.29, 1.82) is 0 Å². The first-order valence-electron chi connectivity index (χ1n) is 8.10. The average molecular weight is 311 g/mol. The van der Waals surface area contributed by atoms with Gasteiger partial charge < -0.3 is 14.1 Å². The summed E-state index contributed by atoms with van der Waals surface area (Å²) in [6, 6.07) is 8.48. The number of aromatic amines is 1. The van der Waals surface area contributed by atoms with Crippen LogP contribution in [-0.2, 0) is 17.7 Å². The molecule has 0 bridgehead atoms. The van der Waals surface area contributed by atoms with Gasteiger partial charge in [-0.2, -0.15) is 0 Å². The number of aromatic nitrogens is 2. The van der Waals surface area contributed by atoms with E-state index in [1.54, 1.807) is 12.6 Å². The van der Waals surface area contributed by atoms with E-state index >= 15 is 0 Å². The third-order valence-corrected chi connectivity index (χ3v) is 4.42. The second-order valence-corrected chi connectivity index (χ2v) is 6.25. The number of fused-ring (bicyclic) bond motifs is 1. The Morgan fingerprint density at radius 1 is 1.30 bits per heavy atom. The second-order valence-electron chi connectivity index (χ2n) is 6.25. The first kappa shape index (κ1) is 14.5. The highest BCUT2D eigenvalue weighted by Crippen LogP contribution is 2.21. The maximum atomic E-state index is 5.81. The van der Waals surface area contributed by atoms with E-state index in [4.69, 9.17) is 9.15 Å². The van der Waals surface area contributed by atoms with E-state index in [0.29, 0.717) is 5.92 Å². The van der Waals surface area contributed by atoms with Crippen LogP contribution in [0.15, 0.2) is 47.5 Å². The highest BCUT2D eigenvalue weighted by molar-refractivity contribution is 5.77. The molecule has 1 fully saturated rings. The van der Waals surface area contributed by atoms with E-state index in [1.807, 2.05) is 12.3 Å². The fraction of sp³-hybridized carbons (Fsp3) is 0.389. The Balaban J connectivity index is 1.44. The molecule has 0 radical (unpaired) electrons. The van der Waals surface area contributed by atoms with Crippen LogP contribution in [0.4, 0.5) is 0 Å². The summed E-state index contributed by atoms with van der Waals surface area (Å²) in [6.45, 7) is 4.51. The number of furan rings is 1. The van der Waals surface area contributed by atoms with E-state index < -0.39 is 0 Å². The molecule has 5 nitrogen and oxygen atoms in total. The van der Waals surface area contributed by atoms with Crippen molar-refractivity contribution in [1.82, 2.24) is 14.9 Å². The lowest BCUT2D eigenvalue weighted by Gasteiger charge is -2.22. The molecule has 1 atom stereocenters. The summed E-state index contributed by atoms with van der Waals surface area (Å²) in [4.78, 5) is 9.72. The van der Waals surface area contributed by atoms with Crippen molar-refractivity contribution in [3.05, 3.63) is 54.3 Å².